The summed E-state index contributed by atoms with van der Waals surface area (Å²) in [6.45, 7) is 0. The lowest BCUT2D eigenvalue weighted by Crippen LogP contribution is -2.07. The smallest absolute Gasteiger partial charge is 0.180 e. The van der Waals surface area contributed by atoms with Crippen LogP contribution in [0.25, 0.3) is 83.4 Å². The second-order valence-corrected chi connectivity index (χ2v) is 17.0. The first kappa shape index (κ1) is 35.0. The van der Waals surface area contributed by atoms with Gasteiger partial charge in [0.25, 0.3) is 0 Å². The van der Waals surface area contributed by atoms with Gasteiger partial charge in [0.15, 0.2) is 11.4 Å². The normalized spacial score (nSPS) is 12.8. The number of fused-ring (bicyclic) bond motifs is 4. The molecule has 0 atom stereocenters. The highest BCUT2D eigenvalue weighted by Gasteiger charge is 2.21. The minimum absolute atomic E-state index is 0.660. The molecule has 0 amide bonds. The van der Waals surface area contributed by atoms with Gasteiger partial charge >= 0.3 is 0 Å². The number of pyridine rings is 2. The summed E-state index contributed by atoms with van der Waals surface area (Å²) < 4.78 is 8.72. The molecular formula is C52H32IN5O. The number of nitrogens with zero attached hydrogens (tertiary/aromatic N) is 5. The number of aliphatic imine (C=N–C) groups is 1. The first-order chi connectivity index (χ1) is 29.2. The van der Waals surface area contributed by atoms with E-state index in [1.54, 1.807) is 0 Å². The number of aromatic nitrogens is 4. The summed E-state index contributed by atoms with van der Waals surface area (Å²) in [5.74, 6) is 0.660. The second-order valence-electron chi connectivity index (χ2n) is 14.2. The minimum Gasteiger partial charge on any atom is -0.452 e. The third-order valence-electron chi connectivity index (χ3n) is 10.6. The van der Waals surface area contributed by atoms with E-state index in [0.717, 1.165) is 92.7 Å². The molecular weight excluding hydrogens is 838 g/mol. The number of rotatable bonds is 7. The third-order valence-corrected chi connectivity index (χ3v) is 13.4. The van der Waals surface area contributed by atoms with Gasteiger partial charge in [0, 0.05) is 49.1 Å². The Morgan fingerprint density at radius 1 is 0.458 bits per heavy atom. The van der Waals surface area contributed by atoms with Crippen molar-refractivity contribution in [1.82, 2.24) is 19.9 Å². The van der Waals surface area contributed by atoms with Crippen molar-refractivity contribution in [2.45, 2.75) is 0 Å². The van der Waals surface area contributed by atoms with Crippen LogP contribution in [0.1, 0.15) is 17.0 Å². The van der Waals surface area contributed by atoms with Crippen LogP contribution in [0.4, 0.5) is 0 Å². The molecule has 6 aromatic carbocycles. The van der Waals surface area contributed by atoms with Gasteiger partial charge in [-0.05, 0) is 52.2 Å². The van der Waals surface area contributed by atoms with Gasteiger partial charge < -0.3 is 4.42 Å². The summed E-state index contributed by atoms with van der Waals surface area (Å²) in [6, 6.07) is 60.4. The molecule has 0 radical (unpaired) electrons. The van der Waals surface area contributed by atoms with E-state index in [1.165, 1.54) is 3.51 Å². The van der Waals surface area contributed by atoms with E-state index < -0.39 is 20.7 Å². The van der Waals surface area contributed by atoms with Crippen molar-refractivity contribution in [2.24, 2.45) is 4.99 Å². The van der Waals surface area contributed by atoms with Crippen LogP contribution in [0.15, 0.2) is 204 Å². The Balaban J connectivity index is 1.01. The lowest BCUT2D eigenvalue weighted by atomic mass is 10.0. The molecule has 0 saturated heterocycles. The summed E-state index contributed by atoms with van der Waals surface area (Å²) >= 11 is -0.708. The summed E-state index contributed by atoms with van der Waals surface area (Å²) in [7, 11) is 0. The number of hydrogen-bond acceptors (Lipinski definition) is 6. The number of allylic oxidation sites excluding steroid dienone is 1. The van der Waals surface area contributed by atoms with Gasteiger partial charge in [0.05, 0.1) is 17.1 Å². The van der Waals surface area contributed by atoms with Crippen molar-refractivity contribution in [3.8, 4) is 44.9 Å². The van der Waals surface area contributed by atoms with Gasteiger partial charge in [0.1, 0.15) is 20.5 Å². The predicted molar refractivity (Wildman–Crippen MR) is 250 cm³/mol. The number of furan rings is 1. The molecule has 0 unspecified atom stereocenters. The van der Waals surface area contributed by atoms with Gasteiger partial charge in [-0.25, -0.2) is 15.0 Å². The van der Waals surface area contributed by atoms with Crippen LogP contribution in [0, 0.1) is 0 Å². The lowest BCUT2D eigenvalue weighted by molar-refractivity contribution is 0.667. The molecule has 0 aliphatic carbocycles. The topological polar surface area (TPSA) is 77.1 Å². The zero-order chi connectivity index (χ0) is 39.1. The Morgan fingerprint density at radius 2 is 1.07 bits per heavy atom. The van der Waals surface area contributed by atoms with Crippen LogP contribution in [-0.2, 0) is 0 Å². The molecule has 11 rings (SSSR count). The van der Waals surface area contributed by atoms with Crippen LogP contribution in [0.2, 0.25) is 0 Å². The fraction of sp³-hybridized carbons (Fsp3) is 0. The van der Waals surface area contributed by atoms with Crippen LogP contribution in [0.5, 0.6) is 0 Å². The van der Waals surface area contributed by atoms with Crippen LogP contribution >= 0.6 is 20.7 Å². The van der Waals surface area contributed by atoms with Crippen LogP contribution in [-0.4, -0.2) is 27.2 Å². The van der Waals surface area contributed by atoms with Gasteiger partial charge in [-0.3, -0.25) is 9.97 Å². The van der Waals surface area contributed by atoms with E-state index in [-0.39, 0.29) is 0 Å². The quantitative estimate of drug-likeness (QED) is 0.149. The average molecular weight is 870 g/mol. The third kappa shape index (κ3) is 6.65. The van der Waals surface area contributed by atoms with E-state index in [1.807, 2.05) is 54.9 Å². The number of hydrogen-bond donors (Lipinski definition) is 0. The fourth-order valence-electron chi connectivity index (χ4n) is 7.55. The molecule has 7 heteroatoms. The number of halogens is 1. The van der Waals surface area contributed by atoms with E-state index in [0.29, 0.717) is 11.4 Å². The van der Waals surface area contributed by atoms with E-state index in [4.69, 9.17) is 29.3 Å². The standard InChI is InChI=1S/C52H32IN5O/c1-3-12-33(13-4-1)38-26-28-44(54-31-38)43-30-46(45-29-27-39(32-55-45)34-14-5-2-6-15-34)56-51(53-43)37-24-22-36(23-25-37)48-50-49(42-19-9-10-21-47(42)59-50)58-52(57-48)41-20-11-17-35-16-7-8-18-40(35)41/h1-32H. The molecule has 1 aliphatic heterocycles. The lowest BCUT2D eigenvalue weighted by Gasteiger charge is -2.14. The minimum atomic E-state index is -0.708. The Hall–Kier alpha value is -7.23. The summed E-state index contributed by atoms with van der Waals surface area (Å²) in [5.41, 5.74) is 13.0. The SMILES string of the molecule is C1=C(c2ccc(-c3ccccc3)cn2)N=C(c2ccc(-c3nc(-c4cccc5ccccc45)nc4c3oc3ccccc34)cc2)I=C1c1ccc(-c2ccccc2)cn1. The van der Waals surface area contributed by atoms with Crippen molar-refractivity contribution in [1.29, 1.82) is 0 Å². The average Bonchev–Trinajstić information content (AvgIpc) is 3.70. The Kier molecular flexibility index (Phi) is 8.85. The zero-order valence-corrected chi connectivity index (χ0v) is 33.7. The van der Waals surface area contributed by atoms with Crippen molar-refractivity contribution in [2.75, 3.05) is 0 Å². The molecule has 0 saturated carbocycles. The van der Waals surface area contributed by atoms with E-state index >= 15 is 0 Å². The van der Waals surface area contributed by atoms with Gasteiger partial charge in [-0.2, -0.15) is 0 Å². The first-order valence-corrected chi connectivity index (χ1v) is 21.5. The monoisotopic (exact) mass is 869 g/mol. The highest BCUT2D eigenvalue weighted by atomic mass is 127. The summed E-state index contributed by atoms with van der Waals surface area (Å²) in [4.78, 5) is 25.6. The molecule has 0 fully saturated rings. The molecule has 6 nitrogen and oxygen atoms in total. The van der Waals surface area contributed by atoms with Crippen molar-refractivity contribution in [3.63, 3.8) is 0 Å². The van der Waals surface area contributed by atoms with Crippen LogP contribution in [0.3, 0.4) is 0 Å². The molecule has 278 valence electrons. The molecule has 59 heavy (non-hydrogen) atoms. The summed E-state index contributed by atoms with van der Waals surface area (Å²) in [5, 5.41) is 3.21. The molecule has 0 N–H and O–H groups in total. The highest BCUT2D eigenvalue weighted by Crippen LogP contribution is 2.38. The molecule has 5 heterocycles. The Morgan fingerprint density at radius 3 is 1.78 bits per heavy atom. The van der Waals surface area contributed by atoms with Gasteiger partial charge in [0.2, 0.25) is 0 Å². The maximum absolute atomic E-state index is 6.49. The zero-order valence-electron chi connectivity index (χ0n) is 31.5. The second kappa shape index (κ2) is 14.9. The summed E-state index contributed by atoms with van der Waals surface area (Å²) in [6.07, 6.45) is 6.07. The highest BCUT2D eigenvalue weighted by molar-refractivity contribution is 14.2. The largest absolute Gasteiger partial charge is 0.452 e. The number of para-hydroxylation sites is 1. The molecule has 4 aromatic heterocycles. The predicted octanol–water partition coefficient (Wildman–Crippen LogP) is 13.0. The Bertz CT molecular complexity index is 3190. The maximum atomic E-state index is 6.49. The Labute approximate surface area is 350 Å². The van der Waals surface area contributed by atoms with Crippen molar-refractivity contribution < 1.29 is 4.42 Å². The molecule has 0 bridgehead atoms. The first-order valence-electron chi connectivity index (χ1n) is 19.4. The number of benzene rings is 6. The van der Waals surface area contributed by atoms with Gasteiger partial charge in [-0.1, -0.05) is 172 Å². The molecule has 1 aliphatic rings. The van der Waals surface area contributed by atoms with Crippen molar-refractivity contribution in [3.05, 3.63) is 211 Å². The van der Waals surface area contributed by atoms with E-state index in [2.05, 4.69) is 140 Å². The van der Waals surface area contributed by atoms with Crippen LogP contribution < -0.4 is 0 Å². The maximum Gasteiger partial charge on any atom is 0.180 e. The fourth-order valence-corrected chi connectivity index (χ4v) is 10.2. The van der Waals surface area contributed by atoms with Crippen molar-refractivity contribution >= 4 is 66.5 Å². The molecule has 10 aromatic rings. The van der Waals surface area contributed by atoms with E-state index in [9.17, 15) is 0 Å². The molecule has 0 spiro atoms. The van der Waals surface area contributed by atoms with Gasteiger partial charge in [-0.15, -0.1) is 0 Å².